The maximum absolute atomic E-state index is 12.5. The maximum Gasteiger partial charge on any atom is 0.184 e. The molecule has 21 heavy (non-hydrogen) atoms. The summed E-state index contributed by atoms with van der Waals surface area (Å²) in [5, 5.41) is 9.29. The number of hydrogen-bond acceptors (Lipinski definition) is 3. The fraction of sp³-hybridized carbons (Fsp3) is 0.133. The van der Waals surface area contributed by atoms with Gasteiger partial charge in [0.15, 0.2) is 9.84 Å². The molecule has 0 aromatic heterocycles. The van der Waals surface area contributed by atoms with Gasteiger partial charge in [0.25, 0.3) is 0 Å². The molecule has 0 saturated heterocycles. The van der Waals surface area contributed by atoms with Gasteiger partial charge in [-0.25, -0.2) is 8.42 Å². The molecule has 0 N–H and O–H groups in total. The Kier molecular flexibility index (Phi) is 4.58. The van der Waals surface area contributed by atoms with Crippen molar-refractivity contribution >= 4 is 33.0 Å². The average Bonchev–Trinajstić information content (AvgIpc) is 2.43. The van der Waals surface area contributed by atoms with Crippen LogP contribution in [0.3, 0.4) is 0 Å². The van der Waals surface area contributed by atoms with E-state index < -0.39 is 9.84 Å². The lowest BCUT2D eigenvalue weighted by Crippen LogP contribution is -2.07. The van der Waals surface area contributed by atoms with E-state index in [9.17, 15) is 8.42 Å². The molecule has 0 bridgehead atoms. The highest BCUT2D eigenvalue weighted by Crippen LogP contribution is 2.28. The lowest BCUT2D eigenvalue weighted by Gasteiger charge is -2.09. The van der Waals surface area contributed by atoms with Crippen molar-refractivity contribution in [2.24, 2.45) is 0 Å². The van der Waals surface area contributed by atoms with Crippen LogP contribution in [-0.2, 0) is 15.6 Å². The monoisotopic (exact) mass is 339 g/mol. The van der Waals surface area contributed by atoms with E-state index in [0.29, 0.717) is 16.1 Å². The number of nitriles is 1. The zero-order chi connectivity index (χ0) is 15.6. The molecule has 0 aliphatic carbocycles. The van der Waals surface area contributed by atoms with E-state index in [0.717, 1.165) is 5.56 Å². The molecule has 0 unspecified atom stereocenters. The van der Waals surface area contributed by atoms with Gasteiger partial charge in [0.2, 0.25) is 0 Å². The third-order valence-electron chi connectivity index (χ3n) is 3.05. The van der Waals surface area contributed by atoms with Crippen LogP contribution in [0.2, 0.25) is 10.0 Å². The van der Waals surface area contributed by atoms with Gasteiger partial charge in [-0.1, -0.05) is 29.3 Å². The molecule has 0 atom stereocenters. The van der Waals surface area contributed by atoms with Gasteiger partial charge in [0.1, 0.15) is 0 Å². The Balaban J connectivity index is 2.43. The maximum atomic E-state index is 12.5. The molecule has 0 heterocycles. The molecule has 0 radical (unpaired) electrons. The third kappa shape index (κ3) is 3.56. The molecular formula is C15H11Cl2NO2S. The van der Waals surface area contributed by atoms with Crippen molar-refractivity contribution < 1.29 is 8.42 Å². The first-order valence-corrected chi connectivity index (χ1v) is 8.42. The molecule has 0 aliphatic rings. The van der Waals surface area contributed by atoms with Crippen molar-refractivity contribution in [3.63, 3.8) is 0 Å². The van der Waals surface area contributed by atoms with E-state index in [1.54, 1.807) is 25.1 Å². The minimum atomic E-state index is -3.61. The highest BCUT2D eigenvalue weighted by atomic mass is 35.5. The lowest BCUT2D eigenvalue weighted by atomic mass is 10.1. The van der Waals surface area contributed by atoms with Crippen LogP contribution in [0.5, 0.6) is 0 Å². The summed E-state index contributed by atoms with van der Waals surface area (Å²) in [7, 11) is -3.61. The second-order valence-electron chi connectivity index (χ2n) is 4.59. The van der Waals surface area contributed by atoms with E-state index >= 15 is 0 Å². The van der Waals surface area contributed by atoms with Crippen LogP contribution in [-0.4, -0.2) is 8.42 Å². The molecule has 0 saturated carbocycles. The van der Waals surface area contributed by atoms with Gasteiger partial charge in [-0.3, -0.25) is 0 Å². The van der Waals surface area contributed by atoms with Gasteiger partial charge >= 0.3 is 0 Å². The van der Waals surface area contributed by atoms with E-state index in [2.05, 4.69) is 0 Å². The molecule has 0 spiro atoms. The average molecular weight is 340 g/mol. The second kappa shape index (κ2) is 6.07. The molecule has 6 heteroatoms. The Morgan fingerprint density at radius 1 is 1.14 bits per heavy atom. The summed E-state index contributed by atoms with van der Waals surface area (Å²) in [4.78, 5) is 0.0143. The fourth-order valence-electron chi connectivity index (χ4n) is 1.93. The number of nitrogens with zero attached hydrogens (tertiary/aromatic N) is 1. The minimum Gasteiger partial charge on any atom is -0.223 e. The number of sulfone groups is 1. The van der Waals surface area contributed by atoms with Gasteiger partial charge in [-0.05, 0) is 48.4 Å². The molecule has 0 amide bonds. The number of aryl methyl sites for hydroxylation is 1. The SMILES string of the molecule is Cc1cc(C#N)ccc1CS(=O)(=O)c1cc(Cl)ccc1Cl. The van der Waals surface area contributed by atoms with Crippen LogP contribution in [0.25, 0.3) is 0 Å². The van der Waals surface area contributed by atoms with Gasteiger partial charge < -0.3 is 0 Å². The van der Waals surface area contributed by atoms with Crippen LogP contribution in [0, 0.1) is 18.3 Å². The van der Waals surface area contributed by atoms with E-state index in [4.69, 9.17) is 28.5 Å². The summed E-state index contributed by atoms with van der Waals surface area (Å²) in [6, 6.07) is 11.3. The van der Waals surface area contributed by atoms with Gasteiger partial charge in [-0.2, -0.15) is 5.26 Å². The summed E-state index contributed by atoms with van der Waals surface area (Å²) in [6.07, 6.45) is 0. The molecule has 108 valence electrons. The summed E-state index contributed by atoms with van der Waals surface area (Å²) in [5.74, 6) is -0.190. The van der Waals surface area contributed by atoms with E-state index in [1.807, 2.05) is 6.07 Å². The zero-order valence-electron chi connectivity index (χ0n) is 11.1. The van der Waals surface area contributed by atoms with Gasteiger partial charge in [0.05, 0.1) is 27.3 Å². The Bertz CT molecular complexity index is 839. The summed E-state index contributed by atoms with van der Waals surface area (Å²) >= 11 is 11.8. The Labute approximate surface area is 133 Å². The summed E-state index contributed by atoms with van der Waals surface area (Å²) in [5.41, 5.74) is 1.87. The number of hydrogen-bond donors (Lipinski definition) is 0. The standard InChI is InChI=1S/C15H11Cl2NO2S/c1-10-6-11(8-18)2-3-12(10)9-21(19,20)15-7-13(16)4-5-14(15)17/h2-7H,9H2,1H3. The second-order valence-corrected chi connectivity index (χ2v) is 7.39. The lowest BCUT2D eigenvalue weighted by molar-refractivity contribution is 0.595. The summed E-state index contributed by atoms with van der Waals surface area (Å²) < 4.78 is 24.9. The molecule has 3 nitrogen and oxygen atoms in total. The van der Waals surface area contributed by atoms with Crippen LogP contribution >= 0.6 is 23.2 Å². The molecule has 2 rings (SSSR count). The molecule has 2 aromatic rings. The van der Waals surface area contributed by atoms with Crippen molar-refractivity contribution in [3.8, 4) is 6.07 Å². The molecule has 0 aliphatic heterocycles. The van der Waals surface area contributed by atoms with Crippen molar-refractivity contribution in [1.29, 1.82) is 5.26 Å². The zero-order valence-corrected chi connectivity index (χ0v) is 13.4. The van der Waals surface area contributed by atoms with Crippen molar-refractivity contribution in [1.82, 2.24) is 0 Å². The first kappa shape index (κ1) is 15.8. The molecule has 0 fully saturated rings. The highest BCUT2D eigenvalue weighted by molar-refractivity contribution is 7.90. The van der Waals surface area contributed by atoms with Crippen molar-refractivity contribution in [3.05, 3.63) is 63.1 Å². The Morgan fingerprint density at radius 3 is 2.48 bits per heavy atom. The fourth-order valence-corrected chi connectivity index (χ4v) is 4.19. The van der Waals surface area contributed by atoms with Crippen LogP contribution in [0.4, 0.5) is 0 Å². The predicted molar refractivity (Wildman–Crippen MR) is 83.2 cm³/mol. The topological polar surface area (TPSA) is 57.9 Å². The van der Waals surface area contributed by atoms with E-state index in [1.165, 1.54) is 18.2 Å². The first-order chi connectivity index (χ1) is 9.83. The Morgan fingerprint density at radius 2 is 1.86 bits per heavy atom. The van der Waals surface area contributed by atoms with Crippen LogP contribution in [0.15, 0.2) is 41.3 Å². The highest BCUT2D eigenvalue weighted by Gasteiger charge is 2.20. The summed E-state index contributed by atoms with van der Waals surface area (Å²) in [6.45, 7) is 1.77. The number of rotatable bonds is 3. The largest absolute Gasteiger partial charge is 0.223 e. The number of benzene rings is 2. The predicted octanol–water partition coefficient (Wildman–Crippen LogP) is 4.15. The minimum absolute atomic E-state index is 0.0143. The van der Waals surface area contributed by atoms with Gasteiger partial charge in [-0.15, -0.1) is 0 Å². The van der Waals surface area contributed by atoms with Crippen molar-refractivity contribution in [2.45, 2.75) is 17.6 Å². The molecule has 2 aromatic carbocycles. The normalized spacial score (nSPS) is 11.1. The third-order valence-corrected chi connectivity index (χ3v) is 5.42. The quantitative estimate of drug-likeness (QED) is 0.843. The Hall–Kier alpha value is -1.54. The molecular weight excluding hydrogens is 329 g/mol. The smallest absolute Gasteiger partial charge is 0.184 e. The first-order valence-electron chi connectivity index (χ1n) is 6.01. The number of halogens is 2. The van der Waals surface area contributed by atoms with Crippen LogP contribution < -0.4 is 0 Å². The van der Waals surface area contributed by atoms with Crippen LogP contribution in [0.1, 0.15) is 16.7 Å². The van der Waals surface area contributed by atoms with E-state index in [-0.39, 0.29) is 15.7 Å². The van der Waals surface area contributed by atoms with Gasteiger partial charge in [0, 0.05) is 5.02 Å². The van der Waals surface area contributed by atoms with Crippen molar-refractivity contribution in [2.75, 3.05) is 0 Å².